The summed E-state index contributed by atoms with van der Waals surface area (Å²) in [5.41, 5.74) is 2.51. The summed E-state index contributed by atoms with van der Waals surface area (Å²) < 4.78 is 1.78. The molecule has 3 heterocycles. The predicted molar refractivity (Wildman–Crippen MR) is 80.0 cm³/mol. The van der Waals surface area contributed by atoms with Gasteiger partial charge in [0.25, 0.3) is 0 Å². The van der Waals surface area contributed by atoms with Crippen LogP contribution in [-0.4, -0.2) is 40.9 Å². The fourth-order valence-electron chi connectivity index (χ4n) is 3.00. The second kappa shape index (κ2) is 5.06. The van der Waals surface area contributed by atoms with E-state index in [1.54, 1.807) is 11.0 Å². The third-order valence-corrected chi connectivity index (χ3v) is 4.22. The molecule has 0 unspecified atom stereocenters. The molecule has 1 aliphatic rings. The number of aromatic amines is 1. The molecule has 22 heavy (non-hydrogen) atoms. The molecule has 3 aromatic rings. The molecular formula is C14H17N7O. The van der Waals surface area contributed by atoms with Gasteiger partial charge in [0, 0.05) is 18.8 Å². The second-order valence-corrected chi connectivity index (χ2v) is 5.78. The Hall–Kier alpha value is -2.48. The highest BCUT2D eigenvalue weighted by atomic mass is 16.3. The normalized spacial score (nSPS) is 22.5. The van der Waals surface area contributed by atoms with Crippen molar-refractivity contribution in [3.05, 3.63) is 30.6 Å². The zero-order valence-electron chi connectivity index (χ0n) is 12.1. The number of aryl methyl sites for hydroxylation is 1. The quantitative estimate of drug-likeness (QED) is 0.664. The zero-order valence-corrected chi connectivity index (χ0v) is 12.1. The molecule has 114 valence electrons. The summed E-state index contributed by atoms with van der Waals surface area (Å²) in [5, 5.41) is 17.4. The number of imidazole rings is 1. The molecule has 1 fully saturated rings. The zero-order chi connectivity index (χ0) is 15.1. The molecular weight excluding hydrogens is 282 g/mol. The molecule has 0 bridgehead atoms. The Balaban J connectivity index is 1.67. The SMILES string of the molecule is Cn1cc([C@@H](Nc2ncnc3nc[nH]c23)C2CC(O)C2)cn1. The molecule has 0 spiro atoms. The van der Waals surface area contributed by atoms with E-state index in [1.807, 2.05) is 19.4 Å². The van der Waals surface area contributed by atoms with Crippen molar-refractivity contribution < 1.29 is 5.11 Å². The van der Waals surface area contributed by atoms with Gasteiger partial charge in [-0.25, -0.2) is 15.0 Å². The maximum absolute atomic E-state index is 9.63. The van der Waals surface area contributed by atoms with E-state index in [0.29, 0.717) is 11.6 Å². The number of H-pyrrole nitrogens is 1. The summed E-state index contributed by atoms with van der Waals surface area (Å²) in [6, 6.07) is 0.0542. The number of rotatable bonds is 4. The molecule has 0 aliphatic heterocycles. The molecule has 1 atom stereocenters. The van der Waals surface area contributed by atoms with Crippen LogP contribution in [0.5, 0.6) is 0 Å². The molecule has 3 aromatic heterocycles. The maximum atomic E-state index is 9.63. The summed E-state index contributed by atoms with van der Waals surface area (Å²) in [5.74, 6) is 1.07. The van der Waals surface area contributed by atoms with Crippen molar-refractivity contribution >= 4 is 17.0 Å². The first-order valence-electron chi connectivity index (χ1n) is 7.28. The molecule has 4 rings (SSSR count). The highest BCUT2D eigenvalue weighted by Gasteiger charge is 2.35. The topological polar surface area (TPSA) is 105 Å². The fraction of sp³-hybridized carbons (Fsp3) is 0.429. The third-order valence-electron chi connectivity index (χ3n) is 4.22. The highest BCUT2D eigenvalue weighted by molar-refractivity contribution is 5.82. The van der Waals surface area contributed by atoms with Gasteiger partial charge < -0.3 is 15.4 Å². The van der Waals surface area contributed by atoms with E-state index >= 15 is 0 Å². The van der Waals surface area contributed by atoms with E-state index in [0.717, 1.165) is 29.7 Å². The van der Waals surface area contributed by atoms with Gasteiger partial charge in [-0.1, -0.05) is 0 Å². The van der Waals surface area contributed by atoms with Crippen molar-refractivity contribution in [2.45, 2.75) is 25.0 Å². The Labute approximate surface area is 126 Å². The number of nitrogens with zero attached hydrogens (tertiary/aromatic N) is 5. The van der Waals surface area contributed by atoms with Gasteiger partial charge in [-0.15, -0.1) is 0 Å². The number of anilines is 1. The number of fused-ring (bicyclic) bond motifs is 1. The van der Waals surface area contributed by atoms with Crippen LogP contribution in [0.4, 0.5) is 5.82 Å². The number of aliphatic hydroxyl groups excluding tert-OH is 1. The van der Waals surface area contributed by atoms with Crippen LogP contribution >= 0.6 is 0 Å². The summed E-state index contributed by atoms with van der Waals surface area (Å²) in [4.78, 5) is 15.7. The van der Waals surface area contributed by atoms with Crippen molar-refractivity contribution in [1.82, 2.24) is 29.7 Å². The lowest BCUT2D eigenvalue weighted by Crippen LogP contribution is -2.36. The highest BCUT2D eigenvalue weighted by Crippen LogP contribution is 2.40. The summed E-state index contributed by atoms with van der Waals surface area (Å²) >= 11 is 0. The Morgan fingerprint density at radius 3 is 2.95 bits per heavy atom. The first-order valence-corrected chi connectivity index (χ1v) is 7.28. The molecule has 3 N–H and O–H groups in total. The summed E-state index contributed by atoms with van der Waals surface area (Å²) in [6.07, 6.45) is 8.32. The standard InChI is InChI=1S/C14H17N7O/c1-21-5-9(4-19-21)11(8-2-10(22)3-8)20-14-12-13(16-6-15-12)17-7-18-14/h4-8,10-11,22H,2-3H2,1H3,(H2,15,16,17,18,20)/t8?,10?,11-/m0/s1. The Bertz CT molecular complexity index is 789. The van der Waals surface area contributed by atoms with Crippen LogP contribution in [0.15, 0.2) is 25.0 Å². The van der Waals surface area contributed by atoms with Crippen molar-refractivity contribution in [3.8, 4) is 0 Å². The first kappa shape index (κ1) is 13.2. The van der Waals surface area contributed by atoms with E-state index < -0.39 is 0 Å². The third kappa shape index (κ3) is 2.21. The van der Waals surface area contributed by atoms with Crippen LogP contribution in [0.2, 0.25) is 0 Å². The van der Waals surface area contributed by atoms with Gasteiger partial charge >= 0.3 is 0 Å². The van der Waals surface area contributed by atoms with E-state index in [2.05, 4.69) is 30.4 Å². The second-order valence-electron chi connectivity index (χ2n) is 5.78. The molecule has 0 aromatic carbocycles. The van der Waals surface area contributed by atoms with Crippen LogP contribution in [0.25, 0.3) is 11.2 Å². The van der Waals surface area contributed by atoms with Gasteiger partial charge in [-0.05, 0) is 18.8 Å². The minimum absolute atomic E-state index is 0.0542. The summed E-state index contributed by atoms with van der Waals surface area (Å²) in [6.45, 7) is 0. The number of aliphatic hydroxyl groups is 1. The molecule has 8 heteroatoms. The minimum atomic E-state index is -0.205. The molecule has 0 radical (unpaired) electrons. The van der Waals surface area contributed by atoms with Crippen molar-refractivity contribution in [3.63, 3.8) is 0 Å². The van der Waals surface area contributed by atoms with Crippen LogP contribution in [0.3, 0.4) is 0 Å². The molecule has 1 aliphatic carbocycles. The van der Waals surface area contributed by atoms with E-state index in [9.17, 15) is 5.11 Å². The lowest BCUT2D eigenvalue weighted by atomic mass is 9.75. The van der Waals surface area contributed by atoms with Crippen LogP contribution < -0.4 is 5.32 Å². The largest absolute Gasteiger partial charge is 0.393 e. The predicted octanol–water partition coefficient (Wildman–Crippen LogP) is 1.01. The summed E-state index contributed by atoms with van der Waals surface area (Å²) in [7, 11) is 1.90. The molecule has 0 saturated heterocycles. The van der Waals surface area contributed by atoms with E-state index in [1.165, 1.54) is 6.33 Å². The fourth-order valence-corrected chi connectivity index (χ4v) is 3.00. The molecule has 1 saturated carbocycles. The minimum Gasteiger partial charge on any atom is -0.393 e. The lowest BCUT2D eigenvalue weighted by Gasteiger charge is -2.37. The van der Waals surface area contributed by atoms with Crippen LogP contribution in [0, 0.1) is 5.92 Å². The van der Waals surface area contributed by atoms with Gasteiger partial charge in [0.1, 0.15) is 11.8 Å². The Morgan fingerprint density at radius 1 is 1.36 bits per heavy atom. The maximum Gasteiger partial charge on any atom is 0.182 e. The number of hydrogen-bond acceptors (Lipinski definition) is 6. The number of nitrogens with one attached hydrogen (secondary N) is 2. The average Bonchev–Trinajstić information content (AvgIpc) is 3.10. The number of aromatic nitrogens is 6. The van der Waals surface area contributed by atoms with Gasteiger partial charge in [0.05, 0.1) is 24.7 Å². The van der Waals surface area contributed by atoms with Gasteiger partial charge in [0.15, 0.2) is 11.5 Å². The van der Waals surface area contributed by atoms with Crippen LogP contribution in [0.1, 0.15) is 24.4 Å². The Morgan fingerprint density at radius 2 is 2.23 bits per heavy atom. The first-order chi connectivity index (χ1) is 10.7. The van der Waals surface area contributed by atoms with Gasteiger partial charge in [-0.2, -0.15) is 5.10 Å². The van der Waals surface area contributed by atoms with E-state index in [4.69, 9.17) is 0 Å². The van der Waals surface area contributed by atoms with Gasteiger partial charge in [0.2, 0.25) is 0 Å². The van der Waals surface area contributed by atoms with Crippen molar-refractivity contribution in [2.24, 2.45) is 13.0 Å². The monoisotopic (exact) mass is 299 g/mol. The molecule has 0 amide bonds. The van der Waals surface area contributed by atoms with Crippen LogP contribution in [-0.2, 0) is 7.05 Å². The Kier molecular flexibility index (Phi) is 3.04. The van der Waals surface area contributed by atoms with Crippen molar-refractivity contribution in [2.75, 3.05) is 5.32 Å². The molecule has 8 nitrogen and oxygen atoms in total. The smallest absolute Gasteiger partial charge is 0.182 e. The van der Waals surface area contributed by atoms with E-state index in [-0.39, 0.29) is 12.1 Å². The van der Waals surface area contributed by atoms with Crippen molar-refractivity contribution in [1.29, 1.82) is 0 Å². The number of hydrogen-bond donors (Lipinski definition) is 3. The van der Waals surface area contributed by atoms with Gasteiger partial charge in [-0.3, -0.25) is 4.68 Å². The lowest BCUT2D eigenvalue weighted by molar-refractivity contribution is 0.0339. The average molecular weight is 299 g/mol.